The predicted octanol–water partition coefficient (Wildman–Crippen LogP) is 20.2. The van der Waals surface area contributed by atoms with E-state index in [1.54, 1.807) is 0 Å². The zero-order valence-electron chi connectivity index (χ0n) is 58.8. The number of rotatable bonds is 68. The standard InChI is InChI=1S/C72H136O17P2/c1-8-9-10-11-12-13-14-15-16-17-22-27-32-41-48-55-71(76)88-67(59-82-69(74)53-46-39-31-26-21-19-18-20-24-29-36-43-50-63(2)3)61-86-90(78,79)84-57-66(73)58-85-91(80,81)87-62-68(60-83-70(75)54-47-40-35-34-38-45-52-65(6)7)89-72(77)56-49-42-33-28-23-25-30-37-44-51-64(4)5/h13-16,63-68,73H,8-12,17-62H2,1-7H3,(H,78,79)(H,80,81)/b14-13-,16-15-/t66-,67-,68-/m1/s1. The van der Waals surface area contributed by atoms with Gasteiger partial charge in [-0.15, -0.1) is 0 Å². The Balaban J connectivity index is 5.28. The Morgan fingerprint density at radius 3 is 0.890 bits per heavy atom. The van der Waals surface area contributed by atoms with Gasteiger partial charge in [-0.3, -0.25) is 37.3 Å². The third-order valence-electron chi connectivity index (χ3n) is 16.0. The van der Waals surface area contributed by atoms with Gasteiger partial charge in [0.1, 0.15) is 19.3 Å². The summed E-state index contributed by atoms with van der Waals surface area (Å²) < 4.78 is 68.3. The van der Waals surface area contributed by atoms with E-state index in [0.29, 0.717) is 31.6 Å². The van der Waals surface area contributed by atoms with Crippen molar-refractivity contribution in [1.29, 1.82) is 0 Å². The fraction of sp³-hybridized carbons (Fsp3) is 0.889. The smallest absolute Gasteiger partial charge is 0.462 e. The highest BCUT2D eigenvalue weighted by Crippen LogP contribution is 2.45. The van der Waals surface area contributed by atoms with Gasteiger partial charge in [0.2, 0.25) is 0 Å². The molecule has 0 heterocycles. The Hall–Kier alpha value is -2.46. The van der Waals surface area contributed by atoms with Crippen molar-refractivity contribution in [3.8, 4) is 0 Å². The molecule has 0 aliphatic carbocycles. The molecule has 91 heavy (non-hydrogen) atoms. The molecule has 0 saturated heterocycles. The molecule has 3 N–H and O–H groups in total. The summed E-state index contributed by atoms with van der Waals surface area (Å²) in [6.07, 6.45) is 49.5. The van der Waals surface area contributed by atoms with E-state index >= 15 is 0 Å². The van der Waals surface area contributed by atoms with Crippen molar-refractivity contribution < 1.29 is 80.2 Å². The zero-order chi connectivity index (χ0) is 67.3. The maximum absolute atomic E-state index is 13.0. The van der Waals surface area contributed by atoms with Gasteiger partial charge >= 0.3 is 39.5 Å². The van der Waals surface area contributed by atoms with Crippen LogP contribution in [0.2, 0.25) is 0 Å². The van der Waals surface area contributed by atoms with E-state index in [-0.39, 0.29) is 25.7 Å². The number of phosphoric ester groups is 2. The maximum Gasteiger partial charge on any atom is 0.472 e. The molecule has 5 atom stereocenters. The molecule has 0 radical (unpaired) electrons. The molecular formula is C72H136O17P2. The van der Waals surface area contributed by atoms with E-state index in [9.17, 15) is 43.2 Å². The molecule has 0 saturated carbocycles. The van der Waals surface area contributed by atoms with E-state index in [4.69, 9.17) is 37.0 Å². The normalized spacial score (nSPS) is 14.3. The summed E-state index contributed by atoms with van der Waals surface area (Å²) in [5.41, 5.74) is 0. The molecule has 0 aromatic heterocycles. The molecule has 0 fully saturated rings. The Kier molecular flexibility index (Phi) is 60.7. The number of carbonyl (C=O) groups excluding carboxylic acids is 4. The molecule has 17 nitrogen and oxygen atoms in total. The molecule has 0 aliphatic rings. The quantitative estimate of drug-likeness (QED) is 0.0169. The minimum Gasteiger partial charge on any atom is -0.462 e. The number of phosphoric acid groups is 2. The first-order valence-corrected chi connectivity index (χ1v) is 39.7. The molecule has 0 spiro atoms. The van der Waals surface area contributed by atoms with Crippen LogP contribution in [0.5, 0.6) is 0 Å². The van der Waals surface area contributed by atoms with Gasteiger partial charge in [0, 0.05) is 25.7 Å². The lowest BCUT2D eigenvalue weighted by molar-refractivity contribution is -0.161. The van der Waals surface area contributed by atoms with Gasteiger partial charge < -0.3 is 33.8 Å². The average molecular weight is 1340 g/mol. The lowest BCUT2D eigenvalue weighted by Gasteiger charge is -2.21. The van der Waals surface area contributed by atoms with E-state index < -0.39 is 97.5 Å². The third kappa shape index (κ3) is 66.0. The number of aliphatic hydroxyl groups excluding tert-OH is 1. The van der Waals surface area contributed by atoms with Crippen molar-refractivity contribution in [3.63, 3.8) is 0 Å². The molecule has 0 amide bonds. The number of allylic oxidation sites excluding steroid dienone is 4. The van der Waals surface area contributed by atoms with Gasteiger partial charge in [0.15, 0.2) is 12.2 Å². The minimum absolute atomic E-state index is 0.0845. The summed E-state index contributed by atoms with van der Waals surface area (Å²) in [5.74, 6) is 0.0353. The van der Waals surface area contributed by atoms with Gasteiger partial charge in [-0.05, 0) is 69.1 Å². The van der Waals surface area contributed by atoms with Crippen LogP contribution in [0, 0.1) is 17.8 Å². The Bertz CT molecular complexity index is 1880. The monoisotopic (exact) mass is 1330 g/mol. The summed E-state index contributed by atoms with van der Waals surface area (Å²) in [6, 6.07) is 0. The fourth-order valence-corrected chi connectivity index (χ4v) is 11.9. The van der Waals surface area contributed by atoms with Crippen molar-refractivity contribution in [3.05, 3.63) is 24.3 Å². The maximum atomic E-state index is 13.0. The second-order valence-corrected chi connectivity index (χ2v) is 29.6. The number of hydrogen-bond donors (Lipinski definition) is 3. The summed E-state index contributed by atoms with van der Waals surface area (Å²) in [4.78, 5) is 72.6. The van der Waals surface area contributed by atoms with Crippen molar-refractivity contribution in [2.45, 2.75) is 356 Å². The number of hydrogen-bond acceptors (Lipinski definition) is 15. The van der Waals surface area contributed by atoms with Gasteiger partial charge in [0.25, 0.3) is 0 Å². The van der Waals surface area contributed by atoms with Gasteiger partial charge in [-0.2, -0.15) is 0 Å². The molecule has 2 unspecified atom stereocenters. The second kappa shape index (κ2) is 62.4. The second-order valence-electron chi connectivity index (χ2n) is 26.7. The van der Waals surface area contributed by atoms with Crippen LogP contribution in [0.15, 0.2) is 24.3 Å². The van der Waals surface area contributed by atoms with E-state index in [2.05, 4.69) is 72.8 Å². The number of esters is 4. The Morgan fingerprint density at radius 2 is 0.593 bits per heavy atom. The lowest BCUT2D eigenvalue weighted by Crippen LogP contribution is -2.30. The van der Waals surface area contributed by atoms with Crippen LogP contribution in [0.3, 0.4) is 0 Å². The molecule has 0 aromatic carbocycles. The highest BCUT2D eigenvalue weighted by molar-refractivity contribution is 7.47. The average Bonchev–Trinajstić information content (AvgIpc) is 2.10. The molecule has 19 heteroatoms. The minimum atomic E-state index is -4.96. The van der Waals surface area contributed by atoms with E-state index in [0.717, 1.165) is 121 Å². The Morgan fingerprint density at radius 1 is 0.341 bits per heavy atom. The van der Waals surface area contributed by atoms with Crippen LogP contribution in [0.25, 0.3) is 0 Å². The van der Waals surface area contributed by atoms with Crippen molar-refractivity contribution >= 4 is 39.5 Å². The van der Waals surface area contributed by atoms with Gasteiger partial charge in [-0.1, -0.05) is 285 Å². The summed E-state index contributed by atoms with van der Waals surface area (Å²) in [6.45, 7) is 11.7. The largest absolute Gasteiger partial charge is 0.472 e. The molecule has 0 aromatic rings. The number of ether oxygens (including phenoxy) is 4. The van der Waals surface area contributed by atoms with Crippen molar-refractivity contribution in [2.75, 3.05) is 39.6 Å². The molecule has 536 valence electrons. The zero-order valence-corrected chi connectivity index (χ0v) is 60.6. The topological polar surface area (TPSA) is 237 Å². The summed E-state index contributed by atoms with van der Waals surface area (Å²) in [5, 5.41) is 10.6. The van der Waals surface area contributed by atoms with Gasteiger partial charge in [-0.25, -0.2) is 9.13 Å². The molecule has 0 bridgehead atoms. The van der Waals surface area contributed by atoms with Crippen LogP contribution >= 0.6 is 15.6 Å². The molecular weight excluding hydrogens is 1200 g/mol. The predicted molar refractivity (Wildman–Crippen MR) is 367 cm³/mol. The highest BCUT2D eigenvalue weighted by Gasteiger charge is 2.30. The first-order valence-electron chi connectivity index (χ1n) is 36.7. The lowest BCUT2D eigenvalue weighted by atomic mass is 10.0. The van der Waals surface area contributed by atoms with Crippen LogP contribution in [0.4, 0.5) is 0 Å². The SMILES string of the molecule is CCCCCC/C=C\C=C/CCCCCCCC(=O)O[C@H](COC(=O)CCCCCCCCCCCCCCC(C)C)COP(=O)(O)OC[C@@H](O)COP(=O)(O)OC[C@@H](COC(=O)CCCCCCCCC(C)C)OC(=O)CCCCCCCCCCCC(C)C. The summed E-state index contributed by atoms with van der Waals surface area (Å²) in [7, 11) is -9.92. The van der Waals surface area contributed by atoms with E-state index in [1.165, 1.54) is 128 Å². The van der Waals surface area contributed by atoms with Crippen LogP contribution in [-0.2, 0) is 65.4 Å². The van der Waals surface area contributed by atoms with Crippen molar-refractivity contribution in [2.24, 2.45) is 17.8 Å². The number of unbranched alkanes of at least 4 members (excludes halogenated alkanes) is 33. The molecule has 0 rings (SSSR count). The van der Waals surface area contributed by atoms with Crippen LogP contribution in [0.1, 0.15) is 337 Å². The summed E-state index contributed by atoms with van der Waals surface area (Å²) >= 11 is 0. The van der Waals surface area contributed by atoms with E-state index in [1.807, 2.05) is 0 Å². The first-order chi connectivity index (χ1) is 43.7. The first kappa shape index (κ1) is 88.5. The Labute approximate surface area is 554 Å². The molecule has 0 aliphatic heterocycles. The van der Waals surface area contributed by atoms with Crippen LogP contribution in [-0.4, -0.2) is 96.7 Å². The number of carbonyl (C=O) groups is 4. The van der Waals surface area contributed by atoms with Gasteiger partial charge in [0.05, 0.1) is 26.4 Å². The van der Waals surface area contributed by atoms with Crippen molar-refractivity contribution in [1.82, 2.24) is 0 Å². The fourth-order valence-electron chi connectivity index (χ4n) is 10.4. The third-order valence-corrected chi connectivity index (χ3v) is 17.9. The number of aliphatic hydroxyl groups is 1. The highest BCUT2D eigenvalue weighted by atomic mass is 31.2. The van der Waals surface area contributed by atoms with Crippen LogP contribution < -0.4 is 0 Å².